The molecule has 0 saturated carbocycles. The molecule has 0 unspecified atom stereocenters. The van der Waals surface area contributed by atoms with Gasteiger partial charge in [-0.2, -0.15) is 0 Å². The summed E-state index contributed by atoms with van der Waals surface area (Å²) in [6, 6.07) is 8.25. The lowest BCUT2D eigenvalue weighted by atomic mass is 10.1. The van der Waals surface area contributed by atoms with Crippen LogP contribution in [0.25, 0.3) is 0 Å². The molecule has 0 aromatic heterocycles. The first kappa shape index (κ1) is 25.6. The van der Waals surface area contributed by atoms with E-state index < -0.39 is 15.7 Å². The van der Waals surface area contributed by atoms with Crippen LogP contribution in [0.15, 0.2) is 41.4 Å². The Labute approximate surface area is 191 Å². The van der Waals surface area contributed by atoms with Gasteiger partial charge in [0.05, 0.1) is 5.75 Å². The minimum atomic E-state index is -3.24. The molecule has 160 valence electrons. The van der Waals surface area contributed by atoms with E-state index in [1.165, 1.54) is 30.3 Å². The fourth-order valence-electron chi connectivity index (χ4n) is 2.62. The highest BCUT2D eigenvalue weighted by Gasteiger charge is 2.11. The zero-order valence-electron chi connectivity index (χ0n) is 16.0. The van der Waals surface area contributed by atoms with Crippen molar-refractivity contribution in [2.24, 2.45) is 4.99 Å². The molecule has 0 spiro atoms. The third-order valence-corrected chi connectivity index (χ3v) is 5.15. The minimum Gasteiger partial charge on any atom is -0.356 e. The van der Waals surface area contributed by atoms with Crippen LogP contribution in [0, 0.1) is 11.6 Å². The lowest BCUT2D eigenvalue weighted by molar-refractivity contribution is 0.599. The van der Waals surface area contributed by atoms with Crippen LogP contribution in [0.2, 0.25) is 5.02 Å². The molecule has 2 aromatic rings. The van der Waals surface area contributed by atoms with E-state index in [1.54, 1.807) is 13.1 Å². The summed E-state index contributed by atoms with van der Waals surface area (Å²) >= 11 is 6.01. The number of sulfone groups is 1. The van der Waals surface area contributed by atoms with Crippen molar-refractivity contribution in [2.45, 2.75) is 18.7 Å². The molecule has 2 N–H and O–H groups in total. The zero-order chi connectivity index (χ0) is 20.7. The van der Waals surface area contributed by atoms with E-state index in [9.17, 15) is 17.2 Å². The Morgan fingerprint density at radius 3 is 2.24 bits per heavy atom. The van der Waals surface area contributed by atoms with E-state index in [2.05, 4.69) is 15.6 Å². The van der Waals surface area contributed by atoms with Gasteiger partial charge < -0.3 is 10.6 Å². The molecule has 0 fully saturated rings. The smallest absolute Gasteiger partial charge is 0.191 e. The van der Waals surface area contributed by atoms with Gasteiger partial charge in [-0.05, 0) is 47.4 Å². The van der Waals surface area contributed by atoms with Crippen molar-refractivity contribution in [3.8, 4) is 0 Å². The third kappa shape index (κ3) is 8.83. The Kier molecular flexibility index (Phi) is 10.3. The Morgan fingerprint density at radius 2 is 1.66 bits per heavy atom. The number of nitrogens with zero attached hydrogens (tertiary/aromatic N) is 1. The van der Waals surface area contributed by atoms with Crippen LogP contribution >= 0.6 is 35.6 Å². The Bertz CT molecular complexity index is 972. The van der Waals surface area contributed by atoms with Crippen LogP contribution in [0.4, 0.5) is 8.78 Å². The summed E-state index contributed by atoms with van der Waals surface area (Å²) in [6.07, 6.45) is 1.69. The van der Waals surface area contributed by atoms with Gasteiger partial charge in [0.25, 0.3) is 0 Å². The summed E-state index contributed by atoms with van der Waals surface area (Å²) < 4.78 is 49.8. The van der Waals surface area contributed by atoms with E-state index in [0.717, 1.165) is 11.8 Å². The predicted octanol–water partition coefficient (Wildman–Crippen LogP) is 3.69. The van der Waals surface area contributed by atoms with E-state index in [1.807, 2.05) is 0 Å². The molecular formula is C19H23ClF2IN3O2S. The normalized spacial score (nSPS) is 11.7. The molecule has 0 saturated heterocycles. The van der Waals surface area contributed by atoms with E-state index in [4.69, 9.17) is 11.6 Å². The summed E-state index contributed by atoms with van der Waals surface area (Å²) in [4.78, 5) is 4.09. The van der Waals surface area contributed by atoms with Gasteiger partial charge >= 0.3 is 0 Å². The highest BCUT2D eigenvalue weighted by molar-refractivity contribution is 14.0. The molecule has 0 atom stereocenters. The van der Waals surface area contributed by atoms with Crippen molar-refractivity contribution in [3.05, 3.63) is 69.7 Å². The molecule has 29 heavy (non-hydrogen) atoms. The topological polar surface area (TPSA) is 70.6 Å². The molecule has 5 nitrogen and oxygen atoms in total. The van der Waals surface area contributed by atoms with Gasteiger partial charge in [0.2, 0.25) is 0 Å². The van der Waals surface area contributed by atoms with Crippen molar-refractivity contribution in [3.63, 3.8) is 0 Å². The number of aliphatic imine (C=N–C) groups is 1. The van der Waals surface area contributed by atoms with Gasteiger partial charge in [0.1, 0.15) is 11.6 Å². The van der Waals surface area contributed by atoms with Crippen LogP contribution in [0.1, 0.15) is 16.7 Å². The van der Waals surface area contributed by atoms with Gasteiger partial charge in [0, 0.05) is 31.4 Å². The number of rotatable bonds is 7. The minimum absolute atomic E-state index is 0. The maximum atomic E-state index is 13.6. The summed E-state index contributed by atoms with van der Waals surface area (Å²) in [5.74, 6) is -0.533. The Hall–Kier alpha value is -1.46. The average Bonchev–Trinajstić information content (AvgIpc) is 2.60. The number of benzene rings is 2. The van der Waals surface area contributed by atoms with Crippen molar-refractivity contribution in [1.29, 1.82) is 0 Å². The lowest BCUT2D eigenvalue weighted by Gasteiger charge is -2.14. The van der Waals surface area contributed by atoms with Crippen molar-refractivity contribution in [1.82, 2.24) is 10.6 Å². The molecule has 0 aliphatic rings. The standard InChI is InChI=1S/C19H22ClF2N3O2S.HI/c1-23-19(24-8-7-13-3-5-17(22)10-18(13)20)25-11-15-9-16(21)6-4-14(15)12-28(2,26)27;/h3-6,9-10H,7-8,11-12H2,1-2H3,(H2,23,24,25);1H. The molecular weight excluding hydrogens is 535 g/mol. The van der Waals surface area contributed by atoms with E-state index >= 15 is 0 Å². The number of hydrogen-bond acceptors (Lipinski definition) is 3. The van der Waals surface area contributed by atoms with Crippen LogP contribution in [0.5, 0.6) is 0 Å². The number of halogens is 4. The van der Waals surface area contributed by atoms with E-state index in [0.29, 0.717) is 35.1 Å². The van der Waals surface area contributed by atoms with Crippen molar-refractivity contribution < 1.29 is 17.2 Å². The highest BCUT2D eigenvalue weighted by atomic mass is 127. The van der Waals surface area contributed by atoms with Gasteiger partial charge in [-0.1, -0.05) is 23.7 Å². The summed E-state index contributed by atoms with van der Waals surface area (Å²) in [6.45, 7) is 0.698. The maximum Gasteiger partial charge on any atom is 0.191 e. The molecule has 0 aliphatic heterocycles. The average molecular weight is 558 g/mol. The third-order valence-electron chi connectivity index (χ3n) is 3.96. The fourth-order valence-corrected chi connectivity index (χ4v) is 3.73. The number of hydrogen-bond donors (Lipinski definition) is 2. The molecule has 0 bridgehead atoms. The van der Waals surface area contributed by atoms with Crippen molar-refractivity contribution in [2.75, 3.05) is 19.8 Å². The first-order chi connectivity index (χ1) is 13.2. The molecule has 2 aromatic carbocycles. The largest absolute Gasteiger partial charge is 0.356 e. The quantitative estimate of drug-likeness (QED) is 0.310. The molecule has 0 radical (unpaired) electrons. The van der Waals surface area contributed by atoms with Crippen LogP contribution in [-0.4, -0.2) is 34.2 Å². The zero-order valence-corrected chi connectivity index (χ0v) is 19.9. The highest BCUT2D eigenvalue weighted by Crippen LogP contribution is 2.17. The first-order valence-corrected chi connectivity index (χ1v) is 11.0. The Balaban J connectivity index is 0.00000420. The van der Waals surface area contributed by atoms with Gasteiger partial charge in [-0.25, -0.2) is 17.2 Å². The Morgan fingerprint density at radius 1 is 1.03 bits per heavy atom. The van der Waals surface area contributed by atoms with Crippen LogP contribution in [0.3, 0.4) is 0 Å². The number of nitrogens with one attached hydrogen (secondary N) is 2. The molecule has 2 rings (SSSR count). The van der Waals surface area contributed by atoms with E-state index in [-0.39, 0.29) is 42.1 Å². The van der Waals surface area contributed by atoms with Gasteiger partial charge in [-0.15, -0.1) is 24.0 Å². The van der Waals surface area contributed by atoms with Crippen LogP contribution in [-0.2, 0) is 28.6 Å². The maximum absolute atomic E-state index is 13.6. The summed E-state index contributed by atoms with van der Waals surface area (Å²) in [7, 11) is -1.66. The molecule has 0 amide bonds. The van der Waals surface area contributed by atoms with Crippen LogP contribution < -0.4 is 10.6 Å². The second kappa shape index (κ2) is 11.7. The second-order valence-electron chi connectivity index (χ2n) is 6.32. The second-order valence-corrected chi connectivity index (χ2v) is 8.87. The lowest BCUT2D eigenvalue weighted by Crippen LogP contribution is -2.38. The SMILES string of the molecule is CN=C(NCCc1ccc(F)cc1Cl)NCc1cc(F)ccc1CS(C)(=O)=O.I. The van der Waals surface area contributed by atoms with Gasteiger partial charge in [0.15, 0.2) is 15.8 Å². The fraction of sp³-hybridized carbons (Fsp3) is 0.316. The summed E-state index contributed by atoms with van der Waals surface area (Å²) in [5, 5.41) is 6.48. The van der Waals surface area contributed by atoms with Gasteiger partial charge in [-0.3, -0.25) is 4.99 Å². The molecule has 0 heterocycles. The summed E-state index contributed by atoms with van der Waals surface area (Å²) in [5.41, 5.74) is 1.87. The molecule has 10 heteroatoms. The molecule has 0 aliphatic carbocycles. The predicted molar refractivity (Wildman–Crippen MR) is 124 cm³/mol. The monoisotopic (exact) mass is 557 g/mol. The van der Waals surface area contributed by atoms with Crippen molar-refractivity contribution >= 4 is 51.4 Å². The first-order valence-electron chi connectivity index (χ1n) is 8.51. The number of guanidine groups is 1.